The average Bonchev–Trinajstić information content (AvgIpc) is 2.79. The van der Waals surface area contributed by atoms with Gasteiger partial charge in [-0.05, 0) is 19.1 Å². The van der Waals surface area contributed by atoms with Crippen molar-refractivity contribution in [1.82, 2.24) is 15.2 Å². The van der Waals surface area contributed by atoms with Crippen LogP contribution in [0.5, 0.6) is 0 Å². The minimum atomic E-state index is -0.301. The van der Waals surface area contributed by atoms with E-state index in [1.165, 1.54) is 11.3 Å². The Morgan fingerprint density at radius 3 is 3.00 bits per heavy atom. The van der Waals surface area contributed by atoms with Gasteiger partial charge in [0.15, 0.2) is 0 Å². The second-order valence-corrected chi connectivity index (χ2v) is 4.09. The predicted molar refractivity (Wildman–Crippen MR) is 66.3 cm³/mol. The average molecular weight is 249 g/mol. The summed E-state index contributed by atoms with van der Waals surface area (Å²) in [6.45, 7) is 2.70. The van der Waals surface area contributed by atoms with E-state index in [-0.39, 0.29) is 5.91 Å². The summed E-state index contributed by atoms with van der Waals surface area (Å²) in [7, 11) is 0. The molecule has 6 nitrogen and oxygen atoms in total. The molecule has 0 spiro atoms. The van der Waals surface area contributed by atoms with Gasteiger partial charge in [0.25, 0.3) is 5.91 Å². The van der Waals surface area contributed by atoms with Crippen LogP contribution in [0.3, 0.4) is 0 Å². The molecule has 0 aliphatic rings. The SMILES string of the molecule is CCNc1nnc(C(=O)Nc2ccccn2)s1. The van der Waals surface area contributed by atoms with E-state index in [1.54, 1.807) is 24.4 Å². The number of amides is 1. The third-order valence-corrected chi connectivity index (χ3v) is 2.73. The van der Waals surface area contributed by atoms with Crippen LogP contribution in [0.25, 0.3) is 0 Å². The van der Waals surface area contributed by atoms with Gasteiger partial charge in [-0.1, -0.05) is 17.4 Å². The van der Waals surface area contributed by atoms with Gasteiger partial charge in [0.05, 0.1) is 0 Å². The number of carbonyl (C=O) groups excluding carboxylic acids is 1. The van der Waals surface area contributed by atoms with Crippen LogP contribution in [-0.4, -0.2) is 27.6 Å². The molecule has 0 radical (unpaired) electrons. The Kier molecular flexibility index (Phi) is 3.61. The first-order chi connectivity index (χ1) is 8.29. The monoisotopic (exact) mass is 249 g/mol. The topological polar surface area (TPSA) is 79.8 Å². The van der Waals surface area contributed by atoms with Crippen molar-refractivity contribution < 1.29 is 4.79 Å². The largest absolute Gasteiger partial charge is 0.360 e. The molecular weight excluding hydrogens is 238 g/mol. The summed E-state index contributed by atoms with van der Waals surface area (Å²) in [6.07, 6.45) is 1.61. The Hall–Kier alpha value is -2.02. The number of hydrogen-bond donors (Lipinski definition) is 2. The van der Waals surface area contributed by atoms with Gasteiger partial charge in [-0.2, -0.15) is 0 Å². The van der Waals surface area contributed by atoms with Crippen LogP contribution in [0.4, 0.5) is 10.9 Å². The van der Waals surface area contributed by atoms with E-state index in [4.69, 9.17) is 0 Å². The minimum absolute atomic E-state index is 0.301. The van der Waals surface area contributed by atoms with Crippen molar-refractivity contribution in [3.63, 3.8) is 0 Å². The van der Waals surface area contributed by atoms with Gasteiger partial charge in [-0.25, -0.2) is 4.98 Å². The maximum absolute atomic E-state index is 11.8. The molecule has 2 aromatic heterocycles. The van der Waals surface area contributed by atoms with Gasteiger partial charge in [0.2, 0.25) is 10.1 Å². The van der Waals surface area contributed by atoms with Crippen LogP contribution >= 0.6 is 11.3 Å². The normalized spacial score (nSPS) is 9.94. The molecule has 0 saturated heterocycles. The summed E-state index contributed by atoms with van der Waals surface area (Å²) >= 11 is 1.21. The first-order valence-corrected chi connectivity index (χ1v) is 5.91. The highest BCUT2D eigenvalue weighted by molar-refractivity contribution is 7.17. The molecule has 2 heterocycles. The van der Waals surface area contributed by atoms with Gasteiger partial charge in [0.1, 0.15) is 5.82 Å². The molecule has 17 heavy (non-hydrogen) atoms. The van der Waals surface area contributed by atoms with Crippen molar-refractivity contribution in [2.45, 2.75) is 6.92 Å². The number of nitrogens with zero attached hydrogens (tertiary/aromatic N) is 3. The number of aromatic nitrogens is 3. The Morgan fingerprint density at radius 1 is 1.41 bits per heavy atom. The summed E-state index contributed by atoms with van der Waals surface area (Å²) in [5, 5.41) is 14.2. The van der Waals surface area contributed by atoms with Gasteiger partial charge < -0.3 is 10.6 Å². The highest BCUT2D eigenvalue weighted by Gasteiger charge is 2.12. The summed E-state index contributed by atoms with van der Waals surface area (Å²) in [4.78, 5) is 15.8. The molecule has 0 aromatic carbocycles. The van der Waals surface area contributed by atoms with E-state index in [1.807, 2.05) is 6.92 Å². The number of carbonyl (C=O) groups is 1. The van der Waals surface area contributed by atoms with Crippen molar-refractivity contribution >= 4 is 28.2 Å². The fourth-order valence-corrected chi connectivity index (χ4v) is 1.85. The maximum Gasteiger partial charge on any atom is 0.287 e. The molecule has 0 aliphatic carbocycles. The number of hydrogen-bond acceptors (Lipinski definition) is 6. The third kappa shape index (κ3) is 2.97. The quantitative estimate of drug-likeness (QED) is 0.860. The molecule has 2 aromatic rings. The lowest BCUT2D eigenvalue weighted by Crippen LogP contribution is -2.12. The molecule has 2 N–H and O–H groups in total. The summed E-state index contributed by atoms with van der Waals surface area (Å²) in [5.74, 6) is 0.197. The van der Waals surface area contributed by atoms with E-state index < -0.39 is 0 Å². The van der Waals surface area contributed by atoms with Crippen LogP contribution in [0, 0.1) is 0 Å². The smallest absolute Gasteiger partial charge is 0.287 e. The summed E-state index contributed by atoms with van der Waals surface area (Å²) in [5.41, 5.74) is 0. The lowest BCUT2D eigenvalue weighted by molar-refractivity contribution is 0.102. The zero-order valence-electron chi connectivity index (χ0n) is 9.17. The highest BCUT2D eigenvalue weighted by Crippen LogP contribution is 2.15. The van der Waals surface area contributed by atoms with Crippen molar-refractivity contribution in [2.75, 3.05) is 17.2 Å². The minimum Gasteiger partial charge on any atom is -0.360 e. The van der Waals surface area contributed by atoms with Gasteiger partial charge in [-0.3, -0.25) is 4.79 Å². The Labute approximate surface area is 102 Å². The van der Waals surface area contributed by atoms with Crippen molar-refractivity contribution in [1.29, 1.82) is 0 Å². The standard InChI is InChI=1S/C10H11N5OS/c1-2-11-10-15-14-9(17-10)8(16)13-7-5-3-4-6-12-7/h3-6H,2H2,1H3,(H,11,15)(H,12,13,16). The maximum atomic E-state index is 11.8. The number of anilines is 2. The second-order valence-electron chi connectivity index (χ2n) is 3.11. The van der Waals surface area contributed by atoms with E-state index in [9.17, 15) is 4.79 Å². The Morgan fingerprint density at radius 2 is 2.29 bits per heavy atom. The first kappa shape index (κ1) is 11.5. The summed E-state index contributed by atoms with van der Waals surface area (Å²) < 4.78 is 0. The molecule has 88 valence electrons. The van der Waals surface area contributed by atoms with Crippen LogP contribution in [-0.2, 0) is 0 Å². The van der Waals surface area contributed by atoms with Gasteiger partial charge >= 0.3 is 0 Å². The fourth-order valence-electron chi connectivity index (χ4n) is 1.14. The van der Waals surface area contributed by atoms with Crippen LogP contribution in [0.15, 0.2) is 24.4 Å². The molecule has 0 aliphatic heterocycles. The number of rotatable bonds is 4. The molecule has 0 fully saturated rings. The molecule has 7 heteroatoms. The van der Waals surface area contributed by atoms with Gasteiger partial charge in [-0.15, -0.1) is 10.2 Å². The van der Waals surface area contributed by atoms with Crippen LogP contribution in [0.1, 0.15) is 16.7 Å². The molecule has 0 bridgehead atoms. The molecule has 2 rings (SSSR count). The Balaban J connectivity index is 2.04. The lowest BCUT2D eigenvalue weighted by Gasteiger charge is -1.99. The zero-order chi connectivity index (χ0) is 12.1. The molecule has 0 saturated carbocycles. The van der Waals surface area contributed by atoms with Crippen molar-refractivity contribution in [3.05, 3.63) is 29.4 Å². The Bertz CT molecular complexity index is 498. The molecular formula is C10H11N5OS. The fraction of sp³-hybridized carbons (Fsp3) is 0.200. The first-order valence-electron chi connectivity index (χ1n) is 5.09. The van der Waals surface area contributed by atoms with Crippen LogP contribution in [0.2, 0.25) is 0 Å². The molecule has 0 atom stereocenters. The van der Waals surface area contributed by atoms with Crippen molar-refractivity contribution in [3.8, 4) is 0 Å². The van der Waals surface area contributed by atoms with E-state index in [2.05, 4.69) is 25.8 Å². The number of nitrogens with one attached hydrogen (secondary N) is 2. The van der Waals surface area contributed by atoms with Gasteiger partial charge in [0, 0.05) is 12.7 Å². The lowest BCUT2D eigenvalue weighted by atomic mass is 10.4. The van der Waals surface area contributed by atoms with Crippen molar-refractivity contribution in [2.24, 2.45) is 0 Å². The number of pyridine rings is 1. The molecule has 0 unspecified atom stereocenters. The predicted octanol–water partition coefficient (Wildman–Crippen LogP) is 1.62. The zero-order valence-corrected chi connectivity index (χ0v) is 9.99. The second kappa shape index (κ2) is 5.35. The van der Waals surface area contributed by atoms with E-state index in [0.29, 0.717) is 16.0 Å². The summed E-state index contributed by atoms with van der Waals surface area (Å²) in [6, 6.07) is 5.29. The van der Waals surface area contributed by atoms with E-state index >= 15 is 0 Å². The third-order valence-electron chi connectivity index (χ3n) is 1.85. The highest BCUT2D eigenvalue weighted by atomic mass is 32.1. The molecule has 1 amide bonds. The van der Waals surface area contributed by atoms with Crippen LogP contribution < -0.4 is 10.6 Å². The van der Waals surface area contributed by atoms with E-state index in [0.717, 1.165) is 6.54 Å².